The van der Waals surface area contributed by atoms with E-state index in [9.17, 15) is 4.79 Å². The minimum atomic E-state index is -0.375. The minimum Gasteiger partial charge on any atom is -0.406 e. The van der Waals surface area contributed by atoms with Gasteiger partial charge in [0.1, 0.15) is 0 Å². The summed E-state index contributed by atoms with van der Waals surface area (Å²) in [6.07, 6.45) is 2.30. The Hall–Kier alpha value is -1.51. The Kier molecular flexibility index (Phi) is 2.69. The van der Waals surface area contributed by atoms with Gasteiger partial charge in [-0.3, -0.25) is 0 Å². The van der Waals surface area contributed by atoms with Crippen LogP contribution >= 0.6 is 0 Å². The number of aromatic amines is 1. The smallest absolute Gasteiger partial charge is 0.340 e. The molecule has 1 heterocycles. The number of hydrogen-bond donors (Lipinski definition) is 1. The van der Waals surface area contributed by atoms with Gasteiger partial charge in [-0.15, -0.1) is 0 Å². The number of carbonyl (C=O) groups is 1. The summed E-state index contributed by atoms with van der Waals surface area (Å²) in [7, 11) is 0. The first-order valence-electron chi connectivity index (χ1n) is 3.77. The number of esters is 1. The van der Waals surface area contributed by atoms with Crippen LogP contribution in [0.5, 0.6) is 5.88 Å². The van der Waals surface area contributed by atoms with Crippen LogP contribution < -0.4 is 4.74 Å². The third kappa shape index (κ3) is 1.99. The molecule has 0 aromatic carbocycles. The van der Waals surface area contributed by atoms with E-state index in [1.807, 2.05) is 6.92 Å². The molecule has 0 unspecified atom stereocenters. The van der Waals surface area contributed by atoms with E-state index in [1.54, 1.807) is 18.3 Å². The topological polar surface area (TPSA) is 42.1 Å². The maximum absolute atomic E-state index is 11.1. The van der Waals surface area contributed by atoms with Crippen molar-refractivity contribution in [2.75, 3.05) is 0 Å². The summed E-state index contributed by atoms with van der Waals surface area (Å²) in [6.45, 7) is 5.42. The molecule has 0 spiro atoms. The first-order valence-corrected chi connectivity index (χ1v) is 3.77. The summed E-state index contributed by atoms with van der Waals surface area (Å²) >= 11 is 0. The van der Waals surface area contributed by atoms with Gasteiger partial charge in [0.2, 0.25) is 5.88 Å². The monoisotopic (exact) mass is 165 g/mol. The van der Waals surface area contributed by atoms with E-state index in [0.717, 1.165) is 0 Å². The van der Waals surface area contributed by atoms with E-state index in [1.165, 1.54) is 0 Å². The summed E-state index contributed by atoms with van der Waals surface area (Å²) < 4.78 is 4.91. The van der Waals surface area contributed by atoms with Crippen LogP contribution in [0.1, 0.15) is 13.3 Å². The van der Waals surface area contributed by atoms with Gasteiger partial charge in [-0.25, -0.2) is 4.79 Å². The van der Waals surface area contributed by atoms with Crippen LogP contribution in [-0.2, 0) is 4.79 Å². The fourth-order valence-electron chi connectivity index (χ4n) is 0.694. The van der Waals surface area contributed by atoms with Crippen molar-refractivity contribution in [3.05, 3.63) is 30.5 Å². The van der Waals surface area contributed by atoms with Crippen LogP contribution in [0.3, 0.4) is 0 Å². The van der Waals surface area contributed by atoms with Gasteiger partial charge in [0.05, 0.1) is 0 Å². The molecule has 0 bridgehead atoms. The zero-order valence-corrected chi connectivity index (χ0v) is 6.96. The number of ether oxygens (including phenoxy) is 1. The Morgan fingerprint density at radius 2 is 2.50 bits per heavy atom. The molecule has 0 atom stereocenters. The zero-order valence-electron chi connectivity index (χ0n) is 6.96. The van der Waals surface area contributed by atoms with Crippen molar-refractivity contribution in [1.82, 2.24) is 4.98 Å². The van der Waals surface area contributed by atoms with Crippen LogP contribution in [0.2, 0.25) is 0 Å². The molecule has 0 amide bonds. The molecular weight excluding hydrogens is 154 g/mol. The Bertz CT molecular complexity index is 275. The maximum Gasteiger partial charge on any atom is 0.340 e. The highest BCUT2D eigenvalue weighted by Gasteiger charge is 2.07. The van der Waals surface area contributed by atoms with Crippen molar-refractivity contribution >= 4 is 5.97 Å². The molecule has 0 radical (unpaired) electrons. The van der Waals surface area contributed by atoms with Gasteiger partial charge in [0, 0.05) is 17.8 Å². The van der Waals surface area contributed by atoms with E-state index < -0.39 is 0 Å². The van der Waals surface area contributed by atoms with Crippen molar-refractivity contribution in [2.24, 2.45) is 0 Å². The van der Waals surface area contributed by atoms with Crippen molar-refractivity contribution in [3.63, 3.8) is 0 Å². The Morgan fingerprint density at radius 1 is 1.75 bits per heavy atom. The second-order valence-electron chi connectivity index (χ2n) is 2.38. The largest absolute Gasteiger partial charge is 0.406 e. The van der Waals surface area contributed by atoms with E-state index in [2.05, 4.69) is 11.6 Å². The van der Waals surface area contributed by atoms with Gasteiger partial charge in [-0.1, -0.05) is 13.5 Å². The lowest BCUT2D eigenvalue weighted by molar-refractivity contribution is -0.130. The molecule has 0 saturated heterocycles. The van der Waals surface area contributed by atoms with E-state index >= 15 is 0 Å². The number of rotatable bonds is 3. The molecule has 0 aliphatic rings. The number of nitrogens with one attached hydrogen (secondary N) is 1. The normalized spacial score (nSPS) is 9.42. The third-order valence-electron chi connectivity index (χ3n) is 1.49. The highest BCUT2D eigenvalue weighted by molar-refractivity contribution is 5.89. The highest BCUT2D eigenvalue weighted by Crippen LogP contribution is 2.08. The van der Waals surface area contributed by atoms with Gasteiger partial charge in [-0.2, -0.15) is 0 Å². The predicted octanol–water partition coefficient (Wildman–Crippen LogP) is 1.89. The Morgan fingerprint density at radius 3 is 3.00 bits per heavy atom. The number of aromatic nitrogens is 1. The van der Waals surface area contributed by atoms with Crippen molar-refractivity contribution in [2.45, 2.75) is 13.3 Å². The molecule has 3 nitrogen and oxygen atoms in total. The van der Waals surface area contributed by atoms with Gasteiger partial charge in [0.25, 0.3) is 0 Å². The lowest BCUT2D eigenvalue weighted by Crippen LogP contribution is -2.09. The molecule has 1 aromatic heterocycles. The Labute approximate surface area is 71.1 Å². The van der Waals surface area contributed by atoms with Crippen LogP contribution in [0, 0.1) is 0 Å². The van der Waals surface area contributed by atoms with E-state index in [-0.39, 0.29) is 5.97 Å². The first-order chi connectivity index (χ1) is 5.74. The lowest BCUT2D eigenvalue weighted by Gasteiger charge is -2.01. The van der Waals surface area contributed by atoms with Crippen molar-refractivity contribution in [1.29, 1.82) is 0 Å². The second kappa shape index (κ2) is 3.76. The number of hydrogen-bond acceptors (Lipinski definition) is 2. The molecule has 0 fully saturated rings. The van der Waals surface area contributed by atoms with Crippen LogP contribution in [0.25, 0.3) is 0 Å². The quantitative estimate of drug-likeness (QED) is 0.549. The lowest BCUT2D eigenvalue weighted by atomic mass is 10.2. The zero-order chi connectivity index (χ0) is 8.97. The van der Waals surface area contributed by atoms with Crippen molar-refractivity contribution < 1.29 is 9.53 Å². The molecule has 64 valence electrons. The first kappa shape index (κ1) is 8.59. The predicted molar refractivity (Wildman–Crippen MR) is 45.9 cm³/mol. The molecule has 3 heteroatoms. The standard InChI is InChI=1S/C9H11NO2/c1-3-7(2)9(11)12-8-5-4-6-10-8/h4-6,10H,2-3H2,1H3. The average molecular weight is 165 g/mol. The molecule has 1 rings (SSSR count). The minimum absolute atomic E-state index is 0.375. The SMILES string of the molecule is C=C(CC)C(=O)Oc1ccc[nH]1. The molecular formula is C9H11NO2. The van der Waals surface area contributed by atoms with E-state index in [0.29, 0.717) is 17.9 Å². The maximum atomic E-state index is 11.1. The molecule has 1 N–H and O–H groups in total. The second-order valence-corrected chi connectivity index (χ2v) is 2.38. The summed E-state index contributed by atoms with van der Waals surface area (Å²) in [6, 6.07) is 3.44. The summed E-state index contributed by atoms with van der Waals surface area (Å²) in [5.74, 6) is 0.0783. The van der Waals surface area contributed by atoms with Gasteiger partial charge < -0.3 is 9.72 Å². The molecule has 1 aromatic rings. The third-order valence-corrected chi connectivity index (χ3v) is 1.49. The average Bonchev–Trinajstić information content (AvgIpc) is 2.55. The fraction of sp³-hybridized carbons (Fsp3) is 0.222. The molecule has 0 saturated carbocycles. The van der Waals surface area contributed by atoms with Crippen LogP contribution in [0.4, 0.5) is 0 Å². The van der Waals surface area contributed by atoms with Gasteiger partial charge in [0.15, 0.2) is 0 Å². The van der Waals surface area contributed by atoms with E-state index in [4.69, 9.17) is 4.74 Å². The Balaban J connectivity index is 2.53. The summed E-state index contributed by atoms with van der Waals surface area (Å²) in [5.41, 5.74) is 0.476. The van der Waals surface area contributed by atoms with Crippen molar-refractivity contribution in [3.8, 4) is 5.88 Å². The highest BCUT2D eigenvalue weighted by atomic mass is 16.5. The van der Waals surface area contributed by atoms with Gasteiger partial charge in [-0.05, 0) is 12.5 Å². The fourth-order valence-corrected chi connectivity index (χ4v) is 0.694. The number of H-pyrrole nitrogens is 1. The van der Waals surface area contributed by atoms with Gasteiger partial charge >= 0.3 is 5.97 Å². The van der Waals surface area contributed by atoms with Crippen LogP contribution in [0.15, 0.2) is 30.5 Å². The molecule has 0 aliphatic carbocycles. The van der Waals surface area contributed by atoms with Crippen LogP contribution in [-0.4, -0.2) is 11.0 Å². The number of carbonyl (C=O) groups excluding carboxylic acids is 1. The molecule has 0 aliphatic heterocycles. The summed E-state index contributed by atoms with van der Waals surface area (Å²) in [5, 5.41) is 0. The summed E-state index contributed by atoms with van der Waals surface area (Å²) in [4.78, 5) is 13.9. The molecule has 12 heavy (non-hydrogen) atoms.